The third-order valence-corrected chi connectivity index (χ3v) is 10.8. The zero-order valence-electron chi connectivity index (χ0n) is 19.0. The first-order chi connectivity index (χ1) is 14.3. The molecule has 0 bridgehead atoms. The number of rotatable bonds is 3. The van der Waals surface area contributed by atoms with Crippen LogP contribution in [0.3, 0.4) is 0 Å². The van der Waals surface area contributed by atoms with Gasteiger partial charge in [0.05, 0.1) is 5.92 Å². The smallest absolute Gasteiger partial charge is 0.307 e. The van der Waals surface area contributed by atoms with Crippen molar-refractivity contribution in [3.05, 3.63) is 0 Å². The van der Waals surface area contributed by atoms with Crippen molar-refractivity contribution in [2.45, 2.75) is 109 Å². The fraction of sp³-hybridized carbons (Fsp3) is 0.923. The lowest BCUT2D eigenvalue weighted by atomic mass is 9.43. The van der Waals surface area contributed by atoms with Gasteiger partial charge in [0, 0.05) is 24.9 Å². The molecule has 5 saturated carbocycles. The van der Waals surface area contributed by atoms with E-state index in [-0.39, 0.29) is 16.7 Å². The van der Waals surface area contributed by atoms with Crippen LogP contribution in [0.25, 0.3) is 0 Å². The van der Waals surface area contributed by atoms with E-state index in [0.29, 0.717) is 41.5 Å². The summed E-state index contributed by atoms with van der Waals surface area (Å²) in [6.07, 6.45) is 14.5. The molecule has 5 rings (SSSR count). The number of carboxylic acids is 1. The largest absolute Gasteiger partial charge is 0.481 e. The summed E-state index contributed by atoms with van der Waals surface area (Å²) in [5, 5.41) is 14.2. The number of carbonyl (C=O) groups is 2. The van der Waals surface area contributed by atoms with Crippen molar-refractivity contribution in [2.75, 3.05) is 0 Å². The number of hydrogen-bond acceptors (Lipinski definition) is 3. The van der Waals surface area contributed by atoms with E-state index in [2.05, 4.69) is 19.2 Å². The van der Waals surface area contributed by atoms with Crippen molar-refractivity contribution in [2.24, 2.45) is 40.4 Å². The third-order valence-electron chi connectivity index (χ3n) is 10.8. The Morgan fingerprint density at radius 2 is 1.77 bits per heavy atom. The molecule has 4 nitrogen and oxygen atoms in total. The van der Waals surface area contributed by atoms with Crippen LogP contribution >= 0.6 is 0 Å². The highest BCUT2D eigenvalue weighted by molar-refractivity contribution is 5.79. The molecule has 5 aliphatic rings. The van der Waals surface area contributed by atoms with Crippen LogP contribution < -0.4 is 5.32 Å². The molecule has 2 N–H and O–H groups in total. The van der Waals surface area contributed by atoms with Gasteiger partial charge >= 0.3 is 5.97 Å². The van der Waals surface area contributed by atoms with Crippen LogP contribution in [-0.4, -0.2) is 28.9 Å². The van der Waals surface area contributed by atoms with Crippen molar-refractivity contribution in [1.82, 2.24) is 5.32 Å². The van der Waals surface area contributed by atoms with Crippen molar-refractivity contribution in [3.63, 3.8) is 0 Å². The van der Waals surface area contributed by atoms with Crippen LogP contribution in [0, 0.1) is 40.4 Å². The van der Waals surface area contributed by atoms with Gasteiger partial charge in [-0.2, -0.15) is 0 Å². The van der Waals surface area contributed by atoms with Gasteiger partial charge in [0.25, 0.3) is 0 Å². The second kappa shape index (κ2) is 7.60. The summed E-state index contributed by atoms with van der Waals surface area (Å²) >= 11 is 0. The SMILES string of the molecule is C[C@]12CCC(=O)CC1CC[C@@H]1[C@H]2C(NC2CCCCC2)C[C@]2(C)C(C(=O)O)CC[C@@H]12. The molecule has 0 aromatic heterocycles. The van der Waals surface area contributed by atoms with Gasteiger partial charge in [-0.3, -0.25) is 9.59 Å². The molecule has 168 valence electrons. The maximum atomic E-state index is 12.3. The number of nitrogens with one attached hydrogen (secondary N) is 1. The number of Topliss-reactive ketones (excluding diaryl/α,β-unsaturated/α-hetero) is 1. The Labute approximate surface area is 182 Å². The minimum Gasteiger partial charge on any atom is -0.481 e. The van der Waals surface area contributed by atoms with E-state index in [4.69, 9.17) is 0 Å². The predicted molar refractivity (Wildman–Crippen MR) is 117 cm³/mol. The van der Waals surface area contributed by atoms with E-state index >= 15 is 0 Å². The molecule has 0 radical (unpaired) electrons. The Hall–Kier alpha value is -0.900. The summed E-state index contributed by atoms with van der Waals surface area (Å²) in [5.41, 5.74) is 0.165. The highest BCUT2D eigenvalue weighted by Crippen LogP contribution is 2.67. The molecule has 0 aliphatic heterocycles. The van der Waals surface area contributed by atoms with Crippen LogP contribution in [0.4, 0.5) is 0 Å². The van der Waals surface area contributed by atoms with E-state index in [1.807, 2.05) is 0 Å². The lowest BCUT2D eigenvalue weighted by Gasteiger charge is -2.63. The number of fused-ring (bicyclic) bond motifs is 5. The lowest BCUT2D eigenvalue weighted by Crippen LogP contribution is -2.63. The van der Waals surface area contributed by atoms with Crippen molar-refractivity contribution < 1.29 is 14.7 Å². The second-order valence-electron chi connectivity index (χ2n) is 12.1. The van der Waals surface area contributed by atoms with Crippen molar-refractivity contribution in [3.8, 4) is 0 Å². The average Bonchev–Trinajstić information content (AvgIpc) is 3.06. The van der Waals surface area contributed by atoms with Gasteiger partial charge in [-0.15, -0.1) is 0 Å². The molecular formula is C26H41NO3. The standard InChI is InChI=1S/C26H41NO3/c1-25-13-12-18(28)14-16(25)8-9-19-20-10-11-21(24(29)30)26(20,2)15-22(23(19)25)27-17-6-4-3-5-7-17/h16-17,19-23,27H,3-15H2,1-2H3,(H,29,30)/t16?,19-,20-,21?,22?,23-,25-,26-/m0/s1. The third kappa shape index (κ3) is 3.19. The molecule has 0 aromatic carbocycles. The first-order valence-electron chi connectivity index (χ1n) is 12.8. The molecule has 0 heterocycles. The lowest BCUT2D eigenvalue weighted by molar-refractivity contribution is -0.159. The first kappa shape index (κ1) is 21.0. The van der Waals surface area contributed by atoms with Crippen molar-refractivity contribution in [1.29, 1.82) is 0 Å². The van der Waals surface area contributed by atoms with Crippen LogP contribution in [0.15, 0.2) is 0 Å². The zero-order valence-corrected chi connectivity index (χ0v) is 19.0. The normalized spacial score (nSPS) is 49.2. The molecule has 5 fully saturated rings. The average molecular weight is 416 g/mol. The number of carboxylic acid groups (broad SMARTS) is 1. The number of hydrogen-bond donors (Lipinski definition) is 2. The summed E-state index contributed by atoms with van der Waals surface area (Å²) in [6.45, 7) is 4.82. The molecule has 30 heavy (non-hydrogen) atoms. The Morgan fingerprint density at radius 1 is 1.00 bits per heavy atom. The Bertz CT molecular complexity index is 700. The highest BCUT2D eigenvalue weighted by Gasteiger charge is 2.64. The fourth-order valence-corrected chi connectivity index (χ4v) is 9.37. The van der Waals surface area contributed by atoms with E-state index in [9.17, 15) is 14.7 Å². The van der Waals surface area contributed by atoms with Gasteiger partial charge in [-0.05, 0) is 85.9 Å². The van der Waals surface area contributed by atoms with Gasteiger partial charge in [0.1, 0.15) is 5.78 Å². The molecule has 0 amide bonds. The van der Waals surface area contributed by atoms with E-state index in [1.54, 1.807) is 0 Å². The van der Waals surface area contributed by atoms with E-state index in [0.717, 1.165) is 38.5 Å². The summed E-state index contributed by atoms with van der Waals surface area (Å²) in [5.74, 6) is 2.04. The summed E-state index contributed by atoms with van der Waals surface area (Å²) in [6, 6.07) is 1.02. The number of ketones is 1. The topological polar surface area (TPSA) is 66.4 Å². The number of carbonyl (C=O) groups excluding carboxylic acids is 1. The predicted octanol–water partition coefficient (Wildman–Crippen LogP) is 5.20. The van der Waals surface area contributed by atoms with Crippen molar-refractivity contribution >= 4 is 11.8 Å². The summed E-state index contributed by atoms with van der Waals surface area (Å²) < 4.78 is 0. The number of aliphatic carboxylic acids is 1. The minimum atomic E-state index is -0.571. The Morgan fingerprint density at radius 3 is 2.50 bits per heavy atom. The van der Waals surface area contributed by atoms with Crippen LogP contribution in [0.2, 0.25) is 0 Å². The second-order valence-corrected chi connectivity index (χ2v) is 12.1. The van der Waals surface area contributed by atoms with Crippen LogP contribution in [0.1, 0.15) is 97.3 Å². The molecular weight excluding hydrogens is 374 g/mol. The maximum absolute atomic E-state index is 12.3. The summed E-state index contributed by atoms with van der Waals surface area (Å²) in [7, 11) is 0. The highest BCUT2D eigenvalue weighted by atomic mass is 16.4. The minimum absolute atomic E-state index is 0.0764. The zero-order chi connectivity index (χ0) is 21.1. The van der Waals surface area contributed by atoms with Crippen LogP contribution in [0.5, 0.6) is 0 Å². The monoisotopic (exact) mass is 415 g/mol. The van der Waals surface area contributed by atoms with E-state index in [1.165, 1.54) is 44.9 Å². The Kier molecular flexibility index (Phi) is 5.31. The molecule has 5 aliphatic carbocycles. The molecule has 8 atom stereocenters. The molecule has 4 heteroatoms. The maximum Gasteiger partial charge on any atom is 0.307 e. The fourth-order valence-electron chi connectivity index (χ4n) is 9.37. The van der Waals surface area contributed by atoms with Gasteiger partial charge in [-0.25, -0.2) is 0 Å². The van der Waals surface area contributed by atoms with Crippen LogP contribution in [-0.2, 0) is 9.59 Å². The van der Waals surface area contributed by atoms with Gasteiger partial charge in [-0.1, -0.05) is 33.1 Å². The van der Waals surface area contributed by atoms with Gasteiger partial charge < -0.3 is 10.4 Å². The molecule has 0 aromatic rings. The molecule has 0 saturated heterocycles. The van der Waals surface area contributed by atoms with E-state index < -0.39 is 5.97 Å². The van der Waals surface area contributed by atoms with Gasteiger partial charge in [0.15, 0.2) is 0 Å². The first-order valence-corrected chi connectivity index (χ1v) is 12.8. The summed E-state index contributed by atoms with van der Waals surface area (Å²) in [4.78, 5) is 24.5. The van der Waals surface area contributed by atoms with Gasteiger partial charge in [0.2, 0.25) is 0 Å². The molecule has 0 spiro atoms. The Balaban J connectivity index is 1.50. The quantitative estimate of drug-likeness (QED) is 0.665. The molecule has 3 unspecified atom stereocenters.